The monoisotopic (exact) mass is 185 g/mol. The minimum Gasteiger partial charge on any atom is -0.476 e. The molecule has 1 aliphatic heterocycles. The molecule has 1 rings (SSSR count). The summed E-state index contributed by atoms with van der Waals surface area (Å²) in [5.41, 5.74) is -0.146. The second kappa shape index (κ2) is 2.98. The molecular formula is C6H3NO2S2. The second-order valence-corrected chi connectivity index (χ2v) is 2.66. The van der Waals surface area contributed by atoms with Gasteiger partial charge in [-0.25, -0.2) is 9.79 Å². The molecule has 0 bridgehead atoms. The highest BCUT2D eigenvalue weighted by Gasteiger charge is 2.16. The average Bonchev–Trinajstić information content (AvgIpc) is 1.94. The van der Waals surface area contributed by atoms with Crippen molar-refractivity contribution >= 4 is 46.0 Å². The van der Waals surface area contributed by atoms with Gasteiger partial charge in [0.1, 0.15) is 4.99 Å². The Hall–Kier alpha value is -0.940. The van der Waals surface area contributed by atoms with Crippen LogP contribution in [0.1, 0.15) is 0 Å². The molecule has 56 valence electrons. The fraction of sp³-hybridized carbons (Fsp3) is 0. The maximum atomic E-state index is 10.4. The molecule has 0 aromatic rings. The SMILES string of the molecule is O=C(O)C1=NC(=S)C=CC1=S. The van der Waals surface area contributed by atoms with Crippen molar-refractivity contribution in [3.63, 3.8) is 0 Å². The van der Waals surface area contributed by atoms with Gasteiger partial charge >= 0.3 is 5.97 Å². The standard InChI is InChI=1S/C6H3NO2S2/c8-6(9)5-3(10)1-2-4(11)7-5/h1-2H,(H,8,9). The molecule has 1 heterocycles. The van der Waals surface area contributed by atoms with Gasteiger partial charge in [0.05, 0.1) is 4.86 Å². The van der Waals surface area contributed by atoms with E-state index in [-0.39, 0.29) is 15.6 Å². The first-order valence-electron chi connectivity index (χ1n) is 2.69. The topological polar surface area (TPSA) is 49.7 Å². The molecule has 0 spiro atoms. The van der Waals surface area contributed by atoms with Crippen LogP contribution in [0.5, 0.6) is 0 Å². The van der Waals surface area contributed by atoms with Gasteiger partial charge in [0.2, 0.25) is 0 Å². The maximum absolute atomic E-state index is 10.4. The normalized spacial score (nSPS) is 16.5. The number of hydrogen-bond donors (Lipinski definition) is 1. The number of carbonyl (C=O) groups is 1. The van der Waals surface area contributed by atoms with E-state index in [1.165, 1.54) is 12.2 Å². The largest absolute Gasteiger partial charge is 0.476 e. The van der Waals surface area contributed by atoms with Gasteiger partial charge in [0, 0.05) is 0 Å². The minimum atomic E-state index is -1.14. The van der Waals surface area contributed by atoms with E-state index in [9.17, 15) is 4.79 Å². The summed E-state index contributed by atoms with van der Waals surface area (Å²) in [6, 6.07) is 0. The molecule has 0 saturated heterocycles. The van der Waals surface area contributed by atoms with Crippen LogP contribution in [0, 0.1) is 0 Å². The summed E-state index contributed by atoms with van der Waals surface area (Å²) in [5.74, 6) is -1.14. The summed E-state index contributed by atoms with van der Waals surface area (Å²) < 4.78 is 0. The molecule has 1 N–H and O–H groups in total. The van der Waals surface area contributed by atoms with Crippen LogP contribution >= 0.6 is 24.4 Å². The van der Waals surface area contributed by atoms with Gasteiger partial charge in [-0.2, -0.15) is 0 Å². The zero-order chi connectivity index (χ0) is 8.43. The Morgan fingerprint density at radius 1 is 1.45 bits per heavy atom. The van der Waals surface area contributed by atoms with Crippen molar-refractivity contribution < 1.29 is 9.90 Å². The Balaban J connectivity index is 3.03. The van der Waals surface area contributed by atoms with Crippen LogP contribution in [0.4, 0.5) is 0 Å². The lowest BCUT2D eigenvalue weighted by atomic mass is 10.2. The van der Waals surface area contributed by atoms with E-state index in [0.29, 0.717) is 0 Å². The van der Waals surface area contributed by atoms with Crippen LogP contribution in [0.3, 0.4) is 0 Å². The number of aliphatic carboxylic acids is 1. The van der Waals surface area contributed by atoms with Crippen molar-refractivity contribution in [3.8, 4) is 0 Å². The molecule has 1 aliphatic rings. The summed E-state index contributed by atoms with van der Waals surface area (Å²) in [5, 5.41) is 8.51. The van der Waals surface area contributed by atoms with E-state index < -0.39 is 5.97 Å². The van der Waals surface area contributed by atoms with Crippen LogP contribution in [0.2, 0.25) is 0 Å². The molecular weight excluding hydrogens is 182 g/mol. The minimum absolute atomic E-state index is 0.146. The Bertz CT molecular complexity index is 304. The molecule has 0 radical (unpaired) electrons. The summed E-state index contributed by atoms with van der Waals surface area (Å²) >= 11 is 9.36. The fourth-order valence-electron chi connectivity index (χ4n) is 0.582. The maximum Gasteiger partial charge on any atom is 0.356 e. The molecule has 0 fully saturated rings. The third kappa shape index (κ3) is 1.75. The smallest absolute Gasteiger partial charge is 0.356 e. The summed E-state index contributed by atoms with van der Waals surface area (Å²) in [6.45, 7) is 0. The number of rotatable bonds is 1. The number of nitrogens with zero attached hydrogens (tertiary/aromatic N) is 1. The Kier molecular flexibility index (Phi) is 2.21. The quantitative estimate of drug-likeness (QED) is 0.613. The first-order chi connectivity index (χ1) is 5.11. The highest BCUT2D eigenvalue weighted by Crippen LogP contribution is 1.99. The van der Waals surface area contributed by atoms with Gasteiger partial charge in [-0.05, 0) is 12.2 Å². The average molecular weight is 185 g/mol. The van der Waals surface area contributed by atoms with Gasteiger partial charge in [-0.15, -0.1) is 0 Å². The lowest BCUT2D eigenvalue weighted by Crippen LogP contribution is -2.24. The van der Waals surface area contributed by atoms with E-state index in [0.717, 1.165) is 0 Å². The zero-order valence-corrected chi connectivity index (χ0v) is 6.91. The fourth-order valence-corrected chi connectivity index (χ4v) is 0.942. The number of allylic oxidation sites excluding steroid dienone is 1. The van der Waals surface area contributed by atoms with Gasteiger partial charge in [0.25, 0.3) is 0 Å². The lowest BCUT2D eigenvalue weighted by molar-refractivity contribution is -0.129. The highest BCUT2D eigenvalue weighted by atomic mass is 32.1. The molecule has 0 amide bonds. The summed E-state index contributed by atoms with van der Waals surface area (Å²) in [7, 11) is 0. The second-order valence-electron chi connectivity index (χ2n) is 1.80. The molecule has 0 unspecified atom stereocenters. The molecule has 0 saturated carbocycles. The lowest BCUT2D eigenvalue weighted by Gasteiger charge is -2.02. The van der Waals surface area contributed by atoms with Crippen LogP contribution in [0.25, 0.3) is 0 Å². The summed E-state index contributed by atoms with van der Waals surface area (Å²) in [4.78, 5) is 14.4. The molecule has 0 atom stereocenters. The third-order valence-electron chi connectivity index (χ3n) is 1.04. The van der Waals surface area contributed by atoms with Crippen LogP contribution < -0.4 is 0 Å². The molecule has 11 heavy (non-hydrogen) atoms. The van der Waals surface area contributed by atoms with E-state index >= 15 is 0 Å². The number of dihydropyridines is 1. The van der Waals surface area contributed by atoms with Crippen LogP contribution in [-0.2, 0) is 4.79 Å². The van der Waals surface area contributed by atoms with Crippen molar-refractivity contribution in [2.45, 2.75) is 0 Å². The van der Waals surface area contributed by atoms with Crippen LogP contribution in [0.15, 0.2) is 17.1 Å². The first kappa shape index (κ1) is 8.16. The van der Waals surface area contributed by atoms with E-state index in [1.807, 2.05) is 0 Å². The number of thiocarbonyl (C=S) groups is 2. The number of aliphatic imine (C=N–C) groups is 1. The number of carboxylic acids is 1. The van der Waals surface area contributed by atoms with Gasteiger partial charge < -0.3 is 5.11 Å². The summed E-state index contributed by atoms with van der Waals surface area (Å²) in [6.07, 6.45) is 2.97. The van der Waals surface area contributed by atoms with Crippen molar-refractivity contribution in [1.82, 2.24) is 0 Å². The van der Waals surface area contributed by atoms with Gasteiger partial charge in [0.15, 0.2) is 5.71 Å². The molecule has 0 aromatic heterocycles. The zero-order valence-electron chi connectivity index (χ0n) is 5.27. The van der Waals surface area contributed by atoms with Crippen molar-refractivity contribution in [2.24, 2.45) is 4.99 Å². The van der Waals surface area contributed by atoms with Crippen molar-refractivity contribution in [3.05, 3.63) is 12.2 Å². The molecule has 3 nitrogen and oxygen atoms in total. The van der Waals surface area contributed by atoms with E-state index in [4.69, 9.17) is 17.3 Å². The van der Waals surface area contributed by atoms with E-state index in [1.54, 1.807) is 0 Å². The first-order valence-corrected chi connectivity index (χ1v) is 3.51. The predicted molar refractivity (Wildman–Crippen MR) is 49.4 cm³/mol. The highest BCUT2D eigenvalue weighted by molar-refractivity contribution is 7.83. The number of hydrogen-bond acceptors (Lipinski definition) is 3. The number of carboxylic acid groups (broad SMARTS) is 1. The third-order valence-corrected chi connectivity index (χ3v) is 1.59. The molecule has 0 aromatic carbocycles. The molecule has 5 heteroatoms. The Morgan fingerprint density at radius 2 is 2.09 bits per heavy atom. The Morgan fingerprint density at radius 3 is 2.55 bits per heavy atom. The van der Waals surface area contributed by atoms with E-state index in [2.05, 4.69) is 17.2 Å². The van der Waals surface area contributed by atoms with Crippen molar-refractivity contribution in [2.75, 3.05) is 0 Å². The molecule has 0 aliphatic carbocycles. The predicted octanol–water partition coefficient (Wildman–Crippen LogP) is 0.779. The van der Waals surface area contributed by atoms with Crippen LogP contribution in [-0.4, -0.2) is 26.6 Å². The Labute approximate surface area is 73.4 Å². The van der Waals surface area contributed by atoms with Crippen molar-refractivity contribution in [1.29, 1.82) is 0 Å². The van der Waals surface area contributed by atoms with Gasteiger partial charge in [-0.3, -0.25) is 0 Å². The van der Waals surface area contributed by atoms with Gasteiger partial charge in [-0.1, -0.05) is 24.4 Å².